The number of fused-ring (bicyclic) bond motifs is 8. The number of ether oxygens (including phenoxy) is 2. The number of nitrogens with zero attached hydrogens (tertiary/aromatic N) is 2. The van der Waals surface area contributed by atoms with Crippen LogP contribution in [0.4, 0.5) is 0 Å². The Bertz CT molecular complexity index is 1850. The van der Waals surface area contributed by atoms with E-state index in [0.717, 1.165) is 68.8 Å². The fraction of sp³-hybridized carbons (Fsp3) is 0.353. The van der Waals surface area contributed by atoms with E-state index in [1.165, 1.54) is 30.9 Å². The summed E-state index contributed by atoms with van der Waals surface area (Å²) in [5.41, 5.74) is 14.5. The van der Waals surface area contributed by atoms with Crippen molar-refractivity contribution in [3.05, 3.63) is 69.3 Å². The molecule has 218 valence electrons. The summed E-state index contributed by atoms with van der Waals surface area (Å²) in [4.78, 5) is 42.3. The third-order valence-corrected chi connectivity index (χ3v) is 8.57. The Hall–Kier alpha value is -4.46. The summed E-state index contributed by atoms with van der Waals surface area (Å²) >= 11 is 0. The number of methoxy groups -OCH3 is 2. The Morgan fingerprint density at radius 1 is 0.690 bits per heavy atom. The van der Waals surface area contributed by atoms with Gasteiger partial charge in [-0.05, 0) is 110 Å². The Morgan fingerprint density at radius 2 is 1.29 bits per heavy atom. The highest BCUT2D eigenvalue weighted by molar-refractivity contribution is 6.03. The molecule has 0 saturated carbocycles. The van der Waals surface area contributed by atoms with Gasteiger partial charge in [-0.1, -0.05) is 13.8 Å². The molecule has 0 radical (unpaired) electrons. The second kappa shape index (κ2) is 11.4. The van der Waals surface area contributed by atoms with Crippen LogP contribution < -0.4 is 0 Å². The smallest absolute Gasteiger partial charge is 0.340 e. The molecule has 2 aliphatic rings. The first kappa shape index (κ1) is 29.0. The molecule has 0 unspecified atom stereocenters. The van der Waals surface area contributed by atoms with Crippen molar-refractivity contribution in [2.24, 2.45) is 0 Å². The number of carbonyl (C=O) groups excluding carboxylic acids is 2. The maximum atomic E-state index is 13.0. The molecule has 5 rings (SSSR count). The van der Waals surface area contributed by atoms with E-state index in [1.54, 1.807) is 0 Å². The third-order valence-electron chi connectivity index (χ3n) is 8.57. The van der Waals surface area contributed by atoms with Gasteiger partial charge in [0.1, 0.15) is 0 Å². The standard InChI is InChI=1S/C34H38N4O4/c1-9-21-17(3)24-13-25-19(5)23(11-12-32(39)41-7)30(37-25)16-31-33(34(40)42-8)20(6)27(38-31)15-29-22(10-2)18(4)26(36-29)14-28(21)35-24/h13-16,36,38H,9-12H2,1-8H3. The zero-order valence-electron chi connectivity index (χ0n) is 25.7. The van der Waals surface area contributed by atoms with E-state index in [4.69, 9.17) is 19.4 Å². The molecule has 0 spiro atoms. The second-order valence-corrected chi connectivity index (χ2v) is 10.8. The van der Waals surface area contributed by atoms with Crippen molar-refractivity contribution < 1.29 is 19.1 Å². The maximum absolute atomic E-state index is 13.0. The minimum Gasteiger partial charge on any atom is -0.469 e. The molecule has 2 N–H and O–H groups in total. The maximum Gasteiger partial charge on any atom is 0.340 e. The van der Waals surface area contributed by atoms with Crippen molar-refractivity contribution in [1.29, 1.82) is 0 Å². The summed E-state index contributed by atoms with van der Waals surface area (Å²) < 4.78 is 10.1. The Labute approximate surface area is 245 Å². The molecule has 0 saturated heterocycles. The number of aromatic amines is 2. The van der Waals surface area contributed by atoms with E-state index in [1.807, 2.05) is 26.0 Å². The first-order valence-corrected chi connectivity index (χ1v) is 14.4. The molecular weight excluding hydrogens is 528 g/mol. The number of nitrogens with one attached hydrogen (secondary N) is 2. The minimum atomic E-state index is -0.429. The fourth-order valence-corrected chi connectivity index (χ4v) is 6.07. The predicted octanol–water partition coefficient (Wildman–Crippen LogP) is 7.51. The molecule has 8 bridgehead atoms. The molecule has 3 aromatic rings. The van der Waals surface area contributed by atoms with Gasteiger partial charge in [0.15, 0.2) is 0 Å². The van der Waals surface area contributed by atoms with Gasteiger partial charge in [0.05, 0.1) is 48.1 Å². The van der Waals surface area contributed by atoms with Gasteiger partial charge in [0.2, 0.25) is 0 Å². The first-order valence-electron chi connectivity index (χ1n) is 14.4. The number of H-pyrrole nitrogens is 2. The van der Waals surface area contributed by atoms with Crippen molar-refractivity contribution in [2.45, 2.75) is 67.2 Å². The van der Waals surface area contributed by atoms with Crippen LogP contribution in [0.5, 0.6) is 0 Å². The number of allylic oxidation sites excluding steroid dienone is 4. The fourth-order valence-electron chi connectivity index (χ4n) is 6.07. The molecule has 0 amide bonds. The van der Waals surface area contributed by atoms with Crippen LogP contribution in [0.1, 0.15) is 96.8 Å². The molecule has 42 heavy (non-hydrogen) atoms. The van der Waals surface area contributed by atoms with Crippen molar-refractivity contribution >= 4 is 56.3 Å². The molecule has 0 atom stereocenters. The Morgan fingerprint density at radius 3 is 1.90 bits per heavy atom. The van der Waals surface area contributed by atoms with Gasteiger partial charge < -0.3 is 19.4 Å². The minimum absolute atomic E-state index is 0.219. The second-order valence-electron chi connectivity index (χ2n) is 10.8. The Balaban J connectivity index is 1.95. The number of rotatable bonds is 6. The summed E-state index contributed by atoms with van der Waals surface area (Å²) in [5, 5.41) is 0. The van der Waals surface area contributed by atoms with Gasteiger partial charge in [-0.2, -0.15) is 0 Å². The average molecular weight is 567 g/mol. The van der Waals surface area contributed by atoms with E-state index < -0.39 is 5.97 Å². The van der Waals surface area contributed by atoms with Crippen molar-refractivity contribution in [1.82, 2.24) is 19.9 Å². The van der Waals surface area contributed by atoms with E-state index in [-0.39, 0.29) is 12.4 Å². The van der Waals surface area contributed by atoms with Crippen molar-refractivity contribution in [3.63, 3.8) is 0 Å². The van der Waals surface area contributed by atoms with Crippen LogP contribution >= 0.6 is 0 Å². The summed E-state index contributed by atoms with van der Waals surface area (Å²) in [5.74, 6) is -0.719. The predicted molar refractivity (Wildman–Crippen MR) is 168 cm³/mol. The van der Waals surface area contributed by atoms with Gasteiger partial charge in [-0.3, -0.25) is 4.79 Å². The first-order chi connectivity index (χ1) is 20.1. The quantitative estimate of drug-likeness (QED) is 0.299. The average Bonchev–Trinajstić information content (AvgIpc) is 3.64. The van der Waals surface area contributed by atoms with Crippen LogP contribution in [0.2, 0.25) is 0 Å². The van der Waals surface area contributed by atoms with Crippen molar-refractivity contribution in [3.8, 4) is 0 Å². The van der Waals surface area contributed by atoms with Gasteiger partial charge in [0, 0.05) is 23.0 Å². The number of aromatic nitrogens is 4. The summed E-state index contributed by atoms with van der Waals surface area (Å²) in [6.45, 7) is 12.5. The van der Waals surface area contributed by atoms with Crippen LogP contribution in [0.25, 0.3) is 44.4 Å². The summed E-state index contributed by atoms with van der Waals surface area (Å²) in [6, 6.07) is 8.11. The van der Waals surface area contributed by atoms with Crippen LogP contribution in [0.3, 0.4) is 0 Å². The SMILES string of the molecule is CCC1=C(C)c2cc3nc(cc4[nH]c(cc5[nH]c(cc1n2)c(C)c5CC)c(C)c4C(=O)OC)C(CCC(=O)OC)=C3C. The monoisotopic (exact) mass is 566 g/mol. The highest BCUT2D eigenvalue weighted by Gasteiger charge is 2.23. The van der Waals surface area contributed by atoms with Crippen LogP contribution in [0, 0.1) is 13.8 Å². The molecule has 0 aliphatic carbocycles. The number of hydrogen-bond acceptors (Lipinski definition) is 6. The third kappa shape index (κ3) is 4.95. The molecule has 5 heterocycles. The topological polar surface area (TPSA) is 110 Å². The largest absolute Gasteiger partial charge is 0.469 e. The summed E-state index contributed by atoms with van der Waals surface area (Å²) in [6.07, 6.45) is 2.38. The zero-order valence-corrected chi connectivity index (χ0v) is 25.7. The molecule has 8 heteroatoms. The molecule has 0 aromatic carbocycles. The lowest BCUT2D eigenvalue weighted by Gasteiger charge is -2.04. The lowest BCUT2D eigenvalue weighted by Crippen LogP contribution is -2.02. The number of esters is 2. The molecule has 0 fully saturated rings. The van der Waals surface area contributed by atoms with Crippen LogP contribution in [-0.2, 0) is 20.7 Å². The lowest BCUT2D eigenvalue weighted by atomic mass is 10.00. The lowest BCUT2D eigenvalue weighted by molar-refractivity contribution is -0.140. The van der Waals surface area contributed by atoms with Crippen LogP contribution in [-0.4, -0.2) is 46.1 Å². The number of hydrogen-bond donors (Lipinski definition) is 2. The summed E-state index contributed by atoms with van der Waals surface area (Å²) in [7, 11) is 2.78. The van der Waals surface area contributed by atoms with Gasteiger partial charge in [0.25, 0.3) is 0 Å². The molecular formula is C34H38N4O4. The molecule has 3 aromatic heterocycles. The van der Waals surface area contributed by atoms with Crippen LogP contribution in [0.15, 0.2) is 24.3 Å². The normalized spacial score (nSPS) is 13.1. The van der Waals surface area contributed by atoms with Crippen molar-refractivity contribution in [2.75, 3.05) is 14.2 Å². The highest BCUT2D eigenvalue weighted by Crippen LogP contribution is 2.37. The van der Waals surface area contributed by atoms with E-state index in [2.05, 4.69) is 49.8 Å². The van der Waals surface area contributed by atoms with E-state index >= 15 is 0 Å². The van der Waals surface area contributed by atoms with Gasteiger partial charge >= 0.3 is 11.9 Å². The zero-order chi connectivity index (χ0) is 30.3. The number of aryl methyl sites for hydroxylation is 3. The Kier molecular flexibility index (Phi) is 7.91. The van der Waals surface area contributed by atoms with E-state index in [9.17, 15) is 9.59 Å². The highest BCUT2D eigenvalue weighted by atomic mass is 16.5. The van der Waals surface area contributed by atoms with E-state index in [0.29, 0.717) is 23.2 Å². The molecule has 8 nitrogen and oxygen atoms in total. The molecule has 2 aliphatic heterocycles. The van der Waals surface area contributed by atoms with Gasteiger partial charge in [-0.15, -0.1) is 0 Å². The van der Waals surface area contributed by atoms with Gasteiger partial charge in [-0.25, -0.2) is 14.8 Å². The number of carbonyl (C=O) groups is 2.